The highest BCUT2D eigenvalue weighted by atomic mass is 16.6. The van der Waals surface area contributed by atoms with Gasteiger partial charge in [0.25, 0.3) is 0 Å². The number of fused-ring (bicyclic) bond motifs is 2. The summed E-state index contributed by atoms with van der Waals surface area (Å²) in [6.07, 6.45) is 4.65. The molecule has 92 valence electrons. The van der Waals surface area contributed by atoms with Gasteiger partial charge in [0, 0.05) is 6.42 Å². The van der Waals surface area contributed by atoms with E-state index in [0.717, 1.165) is 32.1 Å². The lowest BCUT2D eigenvalue weighted by Crippen LogP contribution is -2.36. The van der Waals surface area contributed by atoms with Gasteiger partial charge in [-0.1, -0.05) is 6.92 Å². The maximum atomic E-state index is 12.0. The Kier molecular flexibility index (Phi) is 2.57. The van der Waals surface area contributed by atoms with Gasteiger partial charge in [-0.15, -0.1) is 0 Å². The summed E-state index contributed by atoms with van der Waals surface area (Å²) in [7, 11) is 0. The van der Waals surface area contributed by atoms with Crippen LogP contribution in [0.4, 0.5) is 0 Å². The number of rotatable bonds is 3. The summed E-state index contributed by atoms with van der Waals surface area (Å²) in [5.74, 6) is -0.110. The van der Waals surface area contributed by atoms with Crippen LogP contribution in [0.5, 0.6) is 0 Å². The number of ether oxygens (including phenoxy) is 1. The first-order valence-corrected chi connectivity index (χ1v) is 6.27. The second-order valence-corrected chi connectivity index (χ2v) is 6.21. The van der Waals surface area contributed by atoms with E-state index in [1.165, 1.54) is 0 Å². The Bertz CT molecular complexity index is 298. The van der Waals surface area contributed by atoms with Crippen LogP contribution in [0.2, 0.25) is 0 Å². The zero-order valence-electron chi connectivity index (χ0n) is 10.5. The summed E-state index contributed by atoms with van der Waals surface area (Å²) in [4.78, 5) is 12.0. The van der Waals surface area contributed by atoms with Gasteiger partial charge in [0.15, 0.2) is 0 Å². The van der Waals surface area contributed by atoms with E-state index in [2.05, 4.69) is 0 Å². The Morgan fingerprint density at radius 2 is 1.88 bits per heavy atom. The van der Waals surface area contributed by atoms with Crippen LogP contribution in [0.1, 0.15) is 59.3 Å². The highest BCUT2D eigenvalue weighted by Gasteiger charge is 2.56. The molecule has 2 saturated carbocycles. The average Bonchev–Trinajstić information content (AvgIpc) is 2.71. The molecule has 0 aromatic carbocycles. The fourth-order valence-corrected chi connectivity index (χ4v) is 2.74. The number of esters is 1. The van der Waals surface area contributed by atoms with Crippen LogP contribution >= 0.6 is 0 Å². The summed E-state index contributed by atoms with van der Waals surface area (Å²) in [5, 5.41) is 10.1. The van der Waals surface area contributed by atoms with Crippen LogP contribution in [0.15, 0.2) is 0 Å². The summed E-state index contributed by atoms with van der Waals surface area (Å²) in [6.45, 7) is 5.84. The van der Waals surface area contributed by atoms with Gasteiger partial charge in [0.05, 0.1) is 11.0 Å². The zero-order chi connectivity index (χ0) is 12.0. The molecule has 0 spiro atoms. The Morgan fingerprint density at radius 3 is 2.25 bits per heavy atom. The number of carbonyl (C=O) groups is 1. The Hall–Kier alpha value is -0.570. The Morgan fingerprint density at radius 1 is 1.31 bits per heavy atom. The van der Waals surface area contributed by atoms with Gasteiger partial charge in [-0.05, 0) is 46.0 Å². The molecule has 0 heterocycles. The van der Waals surface area contributed by atoms with Crippen LogP contribution in [-0.4, -0.2) is 22.3 Å². The molecule has 0 aliphatic heterocycles. The minimum atomic E-state index is -0.545. The lowest BCUT2D eigenvalue weighted by atomic mass is 9.89. The molecular formula is C13H22O3. The average molecular weight is 226 g/mol. The van der Waals surface area contributed by atoms with Crippen LogP contribution in [0.3, 0.4) is 0 Å². The number of aliphatic hydroxyl groups is 1. The van der Waals surface area contributed by atoms with E-state index in [9.17, 15) is 9.90 Å². The summed E-state index contributed by atoms with van der Waals surface area (Å²) in [6, 6.07) is 0. The molecule has 0 unspecified atom stereocenters. The van der Waals surface area contributed by atoms with Crippen molar-refractivity contribution in [3.63, 3.8) is 0 Å². The van der Waals surface area contributed by atoms with Crippen molar-refractivity contribution < 1.29 is 14.6 Å². The standard InChI is InChI=1S/C13H22O3/c1-4-11(2,3)10(14)16-13-7-5-12(15,9-13)6-8-13/h15H,4-9H2,1-3H3. The van der Waals surface area contributed by atoms with Crippen molar-refractivity contribution in [3.05, 3.63) is 0 Å². The molecule has 2 bridgehead atoms. The molecule has 1 N–H and O–H groups in total. The molecule has 0 saturated heterocycles. The van der Waals surface area contributed by atoms with Crippen LogP contribution < -0.4 is 0 Å². The van der Waals surface area contributed by atoms with Gasteiger partial charge in [-0.3, -0.25) is 4.79 Å². The van der Waals surface area contributed by atoms with E-state index in [0.29, 0.717) is 6.42 Å². The van der Waals surface area contributed by atoms with E-state index in [1.54, 1.807) is 0 Å². The second kappa shape index (κ2) is 3.46. The highest BCUT2D eigenvalue weighted by molar-refractivity contribution is 5.76. The van der Waals surface area contributed by atoms with Crippen molar-refractivity contribution in [3.8, 4) is 0 Å². The fraction of sp³-hybridized carbons (Fsp3) is 0.923. The van der Waals surface area contributed by atoms with E-state index in [4.69, 9.17) is 4.74 Å². The normalized spacial score (nSPS) is 37.8. The van der Waals surface area contributed by atoms with Crippen molar-refractivity contribution >= 4 is 5.97 Å². The first-order chi connectivity index (χ1) is 7.31. The maximum Gasteiger partial charge on any atom is 0.312 e. The minimum absolute atomic E-state index is 0.110. The molecule has 16 heavy (non-hydrogen) atoms. The lowest BCUT2D eigenvalue weighted by molar-refractivity contribution is -0.169. The smallest absolute Gasteiger partial charge is 0.312 e. The Labute approximate surface area is 97.2 Å². The van der Waals surface area contributed by atoms with Gasteiger partial charge in [-0.2, -0.15) is 0 Å². The summed E-state index contributed by atoms with van der Waals surface area (Å²) in [5.41, 5.74) is -1.30. The molecule has 0 aromatic heterocycles. The van der Waals surface area contributed by atoms with Gasteiger partial charge in [-0.25, -0.2) is 0 Å². The number of hydrogen-bond acceptors (Lipinski definition) is 3. The third-order valence-electron chi connectivity index (χ3n) is 4.49. The highest BCUT2D eigenvalue weighted by Crippen LogP contribution is 2.53. The predicted molar refractivity (Wildman–Crippen MR) is 60.9 cm³/mol. The van der Waals surface area contributed by atoms with Crippen LogP contribution in [0, 0.1) is 5.41 Å². The SMILES string of the molecule is CCC(C)(C)C(=O)OC12CCC(O)(CC1)C2. The molecule has 0 aromatic rings. The first kappa shape index (κ1) is 11.9. The topological polar surface area (TPSA) is 46.5 Å². The van der Waals surface area contributed by atoms with Crippen molar-refractivity contribution in [1.82, 2.24) is 0 Å². The Balaban J connectivity index is 2.04. The first-order valence-electron chi connectivity index (χ1n) is 6.27. The van der Waals surface area contributed by atoms with Gasteiger partial charge >= 0.3 is 5.97 Å². The van der Waals surface area contributed by atoms with Gasteiger partial charge in [0.1, 0.15) is 5.60 Å². The molecule has 3 heteroatoms. The van der Waals surface area contributed by atoms with E-state index in [1.807, 2.05) is 20.8 Å². The third-order valence-corrected chi connectivity index (χ3v) is 4.49. The molecule has 2 aliphatic rings. The van der Waals surface area contributed by atoms with Gasteiger partial charge < -0.3 is 9.84 Å². The molecule has 0 radical (unpaired) electrons. The maximum absolute atomic E-state index is 12.0. The number of hydrogen-bond donors (Lipinski definition) is 1. The molecule has 3 nitrogen and oxygen atoms in total. The molecule has 2 rings (SSSR count). The molecular weight excluding hydrogens is 204 g/mol. The summed E-state index contributed by atoms with van der Waals surface area (Å²) >= 11 is 0. The van der Waals surface area contributed by atoms with E-state index >= 15 is 0 Å². The predicted octanol–water partition coefficient (Wildman–Crippen LogP) is 2.41. The monoisotopic (exact) mass is 226 g/mol. The van der Waals surface area contributed by atoms with E-state index in [-0.39, 0.29) is 11.6 Å². The quantitative estimate of drug-likeness (QED) is 0.752. The molecule has 2 aliphatic carbocycles. The van der Waals surface area contributed by atoms with Gasteiger partial charge in [0.2, 0.25) is 0 Å². The molecule has 0 amide bonds. The molecule has 2 fully saturated rings. The molecule has 0 atom stereocenters. The summed E-state index contributed by atoms with van der Waals surface area (Å²) < 4.78 is 5.71. The van der Waals surface area contributed by atoms with Crippen molar-refractivity contribution in [2.24, 2.45) is 5.41 Å². The van der Waals surface area contributed by atoms with Crippen molar-refractivity contribution in [2.75, 3.05) is 0 Å². The van der Waals surface area contributed by atoms with Crippen LogP contribution in [-0.2, 0) is 9.53 Å². The van der Waals surface area contributed by atoms with E-state index < -0.39 is 11.0 Å². The minimum Gasteiger partial charge on any atom is -0.459 e. The van der Waals surface area contributed by atoms with Crippen LogP contribution in [0.25, 0.3) is 0 Å². The van der Waals surface area contributed by atoms with Crippen molar-refractivity contribution in [2.45, 2.75) is 70.5 Å². The fourth-order valence-electron chi connectivity index (χ4n) is 2.74. The lowest BCUT2D eigenvalue weighted by Gasteiger charge is -2.31. The second-order valence-electron chi connectivity index (χ2n) is 6.21. The number of carbonyl (C=O) groups excluding carboxylic acids is 1. The van der Waals surface area contributed by atoms with Crippen molar-refractivity contribution in [1.29, 1.82) is 0 Å². The third kappa shape index (κ3) is 1.86. The zero-order valence-corrected chi connectivity index (χ0v) is 10.5. The largest absolute Gasteiger partial charge is 0.459 e.